The van der Waals surface area contributed by atoms with E-state index in [0.717, 1.165) is 6.07 Å². The maximum atomic E-state index is 13.5. The summed E-state index contributed by atoms with van der Waals surface area (Å²) in [6.07, 6.45) is -0.712. The van der Waals surface area contributed by atoms with Crippen LogP contribution < -0.4 is 5.32 Å². The van der Waals surface area contributed by atoms with Crippen LogP contribution in [0.1, 0.15) is 26.3 Å². The third-order valence-corrected chi connectivity index (χ3v) is 2.19. The molecule has 5 nitrogen and oxygen atoms in total. The molecule has 0 radical (unpaired) electrons. The Morgan fingerprint density at radius 3 is 2.45 bits per heavy atom. The number of carboxylic acid groups (broad SMARTS) is 1. The number of rotatable bonds is 3. The molecule has 0 bridgehead atoms. The molecule has 0 aromatic heterocycles. The highest BCUT2D eigenvalue weighted by Crippen LogP contribution is 2.22. The molecule has 0 unspecified atom stereocenters. The first kappa shape index (κ1) is 15.7. The Hall–Kier alpha value is -2.37. The number of carbonyl (C=O) groups excluding carboxylic acids is 1. The van der Waals surface area contributed by atoms with Crippen LogP contribution in [0, 0.1) is 5.82 Å². The number of aliphatic carboxylic acids is 1. The van der Waals surface area contributed by atoms with Gasteiger partial charge in [0.2, 0.25) is 0 Å². The number of amides is 1. The second-order valence-electron chi connectivity index (χ2n) is 5.11. The summed E-state index contributed by atoms with van der Waals surface area (Å²) in [6, 6.07) is 3.55. The Morgan fingerprint density at radius 2 is 1.95 bits per heavy atom. The molecule has 0 spiro atoms. The summed E-state index contributed by atoms with van der Waals surface area (Å²) in [5, 5.41) is 11.2. The van der Waals surface area contributed by atoms with Gasteiger partial charge in [0.15, 0.2) is 0 Å². The normalized spacial score (nSPS) is 10.8. The zero-order valence-electron chi connectivity index (χ0n) is 11.5. The van der Waals surface area contributed by atoms with Crippen LogP contribution in [0.4, 0.5) is 14.9 Å². The molecule has 0 atom stereocenters. The minimum absolute atomic E-state index is 0.189. The van der Waals surface area contributed by atoms with Gasteiger partial charge in [-0.15, -0.1) is 0 Å². The van der Waals surface area contributed by atoms with E-state index in [9.17, 15) is 14.0 Å². The van der Waals surface area contributed by atoms with Crippen molar-refractivity contribution in [3.05, 3.63) is 36.2 Å². The van der Waals surface area contributed by atoms with Crippen LogP contribution in [-0.2, 0) is 9.53 Å². The number of anilines is 1. The lowest BCUT2D eigenvalue weighted by Crippen LogP contribution is -2.27. The number of carbonyl (C=O) groups is 2. The molecule has 6 heteroatoms. The lowest BCUT2D eigenvalue weighted by atomic mass is 10.1. The fraction of sp³-hybridized carbons (Fsp3) is 0.286. The van der Waals surface area contributed by atoms with E-state index >= 15 is 0 Å². The Morgan fingerprint density at radius 1 is 1.35 bits per heavy atom. The first-order valence-corrected chi connectivity index (χ1v) is 5.82. The van der Waals surface area contributed by atoms with Crippen molar-refractivity contribution in [1.82, 2.24) is 0 Å². The number of ether oxygens (including phenoxy) is 1. The summed E-state index contributed by atoms with van der Waals surface area (Å²) >= 11 is 0. The van der Waals surface area contributed by atoms with E-state index < -0.39 is 29.1 Å². The molecule has 108 valence electrons. The maximum Gasteiger partial charge on any atom is 0.412 e. The van der Waals surface area contributed by atoms with Crippen LogP contribution in [0.5, 0.6) is 0 Å². The van der Waals surface area contributed by atoms with Crippen molar-refractivity contribution < 1.29 is 23.8 Å². The van der Waals surface area contributed by atoms with E-state index in [0.29, 0.717) is 0 Å². The number of halogens is 1. The first-order valence-electron chi connectivity index (χ1n) is 5.82. The topological polar surface area (TPSA) is 75.6 Å². The molecule has 0 saturated carbocycles. The van der Waals surface area contributed by atoms with Gasteiger partial charge in [-0.25, -0.2) is 14.0 Å². The molecule has 0 heterocycles. The van der Waals surface area contributed by atoms with Gasteiger partial charge in [-0.1, -0.05) is 6.58 Å². The zero-order valence-corrected chi connectivity index (χ0v) is 11.5. The first-order chi connectivity index (χ1) is 9.10. The van der Waals surface area contributed by atoms with E-state index in [1.807, 2.05) is 0 Å². The van der Waals surface area contributed by atoms with Crippen molar-refractivity contribution in [3.63, 3.8) is 0 Å². The molecule has 2 N–H and O–H groups in total. The Balaban J connectivity index is 2.94. The van der Waals surface area contributed by atoms with E-state index in [2.05, 4.69) is 11.9 Å². The smallest absolute Gasteiger partial charge is 0.412 e. The van der Waals surface area contributed by atoms with Crippen molar-refractivity contribution >= 4 is 23.3 Å². The van der Waals surface area contributed by atoms with Gasteiger partial charge in [0.25, 0.3) is 0 Å². The summed E-state index contributed by atoms with van der Waals surface area (Å²) in [4.78, 5) is 22.4. The van der Waals surface area contributed by atoms with Crippen LogP contribution >= 0.6 is 0 Å². The van der Waals surface area contributed by atoms with Gasteiger partial charge >= 0.3 is 12.1 Å². The molecule has 0 aliphatic carbocycles. The highest BCUT2D eigenvalue weighted by molar-refractivity contribution is 6.14. The third-order valence-electron chi connectivity index (χ3n) is 2.19. The summed E-state index contributed by atoms with van der Waals surface area (Å²) in [5.41, 5.74) is -1.03. The molecule has 0 fully saturated rings. The third kappa shape index (κ3) is 4.38. The van der Waals surface area contributed by atoms with Gasteiger partial charge in [0.05, 0.1) is 5.57 Å². The fourth-order valence-electron chi connectivity index (χ4n) is 1.37. The Kier molecular flexibility index (Phi) is 4.49. The molecular formula is C14H16FNO4. The molecule has 0 aliphatic heterocycles. The van der Waals surface area contributed by atoms with Crippen LogP contribution in [-0.4, -0.2) is 22.8 Å². The summed E-state index contributed by atoms with van der Waals surface area (Å²) in [5.74, 6) is -2.06. The predicted octanol–water partition coefficient (Wildman–Crippen LogP) is 3.27. The Labute approximate surface area is 116 Å². The van der Waals surface area contributed by atoms with Gasteiger partial charge in [-0.2, -0.15) is 0 Å². The van der Waals surface area contributed by atoms with Crippen molar-refractivity contribution in [2.45, 2.75) is 26.4 Å². The predicted molar refractivity (Wildman–Crippen MR) is 72.9 cm³/mol. The quantitative estimate of drug-likeness (QED) is 0.834. The summed E-state index contributed by atoms with van der Waals surface area (Å²) < 4.78 is 18.6. The minimum Gasteiger partial charge on any atom is -0.478 e. The molecule has 0 saturated heterocycles. The van der Waals surface area contributed by atoms with Crippen molar-refractivity contribution in [2.75, 3.05) is 5.32 Å². The monoisotopic (exact) mass is 281 g/mol. The number of nitrogens with one attached hydrogen (secondary N) is 1. The van der Waals surface area contributed by atoms with Gasteiger partial charge in [-0.3, -0.25) is 5.32 Å². The molecule has 1 aromatic carbocycles. The van der Waals surface area contributed by atoms with Gasteiger partial charge in [0, 0.05) is 11.3 Å². The van der Waals surface area contributed by atoms with Crippen LogP contribution in [0.2, 0.25) is 0 Å². The van der Waals surface area contributed by atoms with Crippen LogP contribution in [0.15, 0.2) is 24.8 Å². The zero-order chi connectivity index (χ0) is 15.5. The molecule has 0 aliphatic rings. The fourth-order valence-corrected chi connectivity index (χ4v) is 1.37. The van der Waals surface area contributed by atoms with E-state index in [-0.39, 0.29) is 11.3 Å². The largest absolute Gasteiger partial charge is 0.478 e. The van der Waals surface area contributed by atoms with Gasteiger partial charge in [-0.05, 0) is 39.0 Å². The molecule has 1 rings (SSSR count). The average Bonchev–Trinajstić information content (AvgIpc) is 2.28. The van der Waals surface area contributed by atoms with E-state index in [1.54, 1.807) is 20.8 Å². The molecule has 1 amide bonds. The second-order valence-corrected chi connectivity index (χ2v) is 5.11. The molecular weight excluding hydrogens is 265 g/mol. The van der Waals surface area contributed by atoms with Crippen molar-refractivity contribution in [2.24, 2.45) is 0 Å². The van der Waals surface area contributed by atoms with E-state index in [4.69, 9.17) is 9.84 Å². The SMILES string of the molecule is C=C(C(=O)O)c1cc(NC(=O)OC(C)(C)C)ccc1F. The van der Waals surface area contributed by atoms with Crippen molar-refractivity contribution in [3.8, 4) is 0 Å². The summed E-state index contributed by atoms with van der Waals surface area (Å²) in [7, 11) is 0. The highest BCUT2D eigenvalue weighted by atomic mass is 19.1. The molecule has 20 heavy (non-hydrogen) atoms. The number of hydrogen-bond donors (Lipinski definition) is 2. The lowest BCUT2D eigenvalue weighted by Gasteiger charge is -2.19. The highest BCUT2D eigenvalue weighted by Gasteiger charge is 2.18. The second kappa shape index (κ2) is 5.73. The van der Waals surface area contributed by atoms with Crippen LogP contribution in [0.3, 0.4) is 0 Å². The van der Waals surface area contributed by atoms with Crippen LogP contribution in [0.25, 0.3) is 5.57 Å². The Bertz CT molecular complexity index is 561. The summed E-state index contributed by atoms with van der Waals surface area (Å²) in [6.45, 7) is 8.39. The number of carboxylic acids is 1. The lowest BCUT2D eigenvalue weighted by molar-refractivity contribution is -0.130. The number of hydrogen-bond acceptors (Lipinski definition) is 3. The van der Waals surface area contributed by atoms with E-state index in [1.165, 1.54) is 12.1 Å². The van der Waals surface area contributed by atoms with Crippen molar-refractivity contribution in [1.29, 1.82) is 0 Å². The van der Waals surface area contributed by atoms with Gasteiger partial charge in [0.1, 0.15) is 11.4 Å². The van der Waals surface area contributed by atoms with Gasteiger partial charge < -0.3 is 9.84 Å². The average molecular weight is 281 g/mol. The maximum absolute atomic E-state index is 13.5. The minimum atomic E-state index is -1.33. The number of benzene rings is 1. The standard InChI is InChI=1S/C14H16FNO4/c1-8(12(17)18)10-7-9(5-6-11(10)15)16-13(19)20-14(2,3)4/h5-7H,1H2,2-4H3,(H,16,19)(H,17,18). The molecule has 1 aromatic rings.